The van der Waals surface area contributed by atoms with Crippen LogP contribution in [0.15, 0.2) is 170 Å². The molecule has 0 fully saturated rings. The fraction of sp³-hybridized carbons (Fsp3) is 0.0222. The molecule has 234 valence electrons. The minimum atomic E-state index is -0.676. The lowest BCUT2D eigenvalue weighted by Crippen LogP contribution is -2.34. The fourth-order valence-corrected chi connectivity index (χ4v) is 7.28. The molecule has 5 nitrogen and oxygen atoms in total. The number of para-hydroxylation sites is 1. The Labute approximate surface area is 289 Å². The van der Waals surface area contributed by atoms with Crippen LogP contribution < -0.4 is 4.74 Å². The highest BCUT2D eigenvalue weighted by atomic mass is 16.5. The van der Waals surface area contributed by atoms with Gasteiger partial charge in [0.1, 0.15) is 11.5 Å². The molecule has 2 heterocycles. The van der Waals surface area contributed by atoms with Gasteiger partial charge in [-0.3, -0.25) is 0 Å². The lowest BCUT2D eigenvalue weighted by molar-refractivity contribution is 0.434. The molecule has 0 saturated carbocycles. The van der Waals surface area contributed by atoms with Crippen molar-refractivity contribution in [1.82, 2.24) is 15.0 Å². The van der Waals surface area contributed by atoms with Gasteiger partial charge in [0.05, 0.1) is 17.0 Å². The summed E-state index contributed by atoms with van der Waals surface area (Å²) in [4.78, 5) is 15.2. The summed E-state index contributed by atoms with van der Waals surface area (Å²) in [5.74, 6) is 3.23. The topological polar surface area (TPSA) is 71.7 Å². The molecule has 0 aliphatic carbocycles. The van der Waals surface area contributed by atoms with Crippen LogP contribution in [0.2, 0.25) is 0 Å². The maximum atomic E-state index is 9.85. The predicted molar refractivity (Wildman–Crippen MR) is 197 cm³/mol. The zero-order valence-corrected chi connectivity index (χ0v) is 26.9. The Kier molecular flexibility index (Phi) is 7.00. The molecule has 5 heteroatoms. The van der Waals surface area contributed by atoms with Crippen LogP contribution in [-0.4, -0.2) is 15.0 Å². The third-order valence-electron chi connectivity index (χ3n) is 9.52. The van der Waals surface area contributed by atoms with E-state index in [9.17, 15) is 5.26 Å². The first-order valence-corrected chi connectivity index (χ1v) is 16.5. The van der Waals surface area contributed by atoms with Crippen molar-refractivity contribution in [2.24, 2.45) is 0 Å². The van der Waals surface area contributed by atoms with Gasteiger partial charge >= 0.3 is 0 Å². The third kappa shape index (κ3) is 4.66. The van der Waals surface area contributed by atoms with E-state index in [1.807, 2.05) is 91.0 Å². The van der Waals surface area contributed by atoms with Gasteiger partial charge in [0, 0.05) is 33.2 Å². The van der Waals surface area contributed by atoms with Gasteiger partial charge < -0.3 is 4.74 Å². The molecule has 7 aromatic carbocycles. The Morgan fingerprint density at radius 3 is 1.72 bits per heavy atom. The van der Waals surface area contributed by atoms with Crippen molar-refractivity contribution in [2.75, 3.05) is 0 Å². The molecule has 0 unspecified atom stereocenters. The lowest BCUT2D eigenvalue weighted by Gasteiger charge is -2.41. The molecule has 0 N–H and O–H groups in total. The molecular weight excluding hydrogens is 613 g/mol. The maximum absolute atomic E-state index is 9.85. The van der Waals surface area contributed by atoms with Crippen LogP contribution in [0.1, 0.15) is 27.8 Å². The van der Waals surface area contributed by atoms with Crippen LogP contribution in [-0.2, 0) is 5.41 Å². The zero-order valence-electron chi connectivity index (χ0n) is 26.9. The van der Waals surface area contributed by atoms with Crippen molar-refractivity contribution in [3.63, 3.8) is 0 Å². The Hall–Kier alpha value is -6.90. The summed E-state index contributed by atoms with van der Waals surface area (Å²) in [7, 11) is 0. The molecule has 1 aliphatic heterocycles. The smallest absolute Gasteiger partial charge is 0.164 e. The van der Waals surface area contributed by atoms with Gasteiger partial charge in [-0.25, -0.2) is 15.0 Å². The van der Waals surface area contributed by atoms with E-state index in [-0.39, 0.29) is 0 Å². The second kappa shape index (κ2) is 12.0. The summed E-state index contributed by atoms with van der Waals surface area (Å²) in [6.45, 7) is 0. The highest BCUT2D eigenvalue weighted by Crippen LogP contribution is 2.55. The van der Waals surface area contributed by atoms with E-state index in [2.05, 4.69) is 84.9 Å². The second-order valence-electron chi connectivity index (χ2n) is 12.3. The van der Waals surface area contributed by atoms with Crippen molar-refractivity contribution in [3.8, 4) is 51.7 Å². The Morgan fingerprint density at radius 2 is 1.02 bits per heavy atom. The number of ether oxygens (including phenoxy) is 1. The Morgan fingerprint density at radius 1 is 0.460 bits per heavy atom. The normalized spacial score (nSPS) is 12.7. The molecule has 1 aliphatic rings. The summed E-state index contributed by atoms with van der Waals surface area (Å²) < 4.78 is 6.64. The molecule has 0 amide bonds. The lowest BCUT2D eigenvalue weighted by atomic mass is 9.63. The summed E-state index contributed by atoms with van der Waals surface area (Å²) in [5.41, 5.74) is 6.80. The number of hydrogen-bond acceptors (Lipinski definition) is 5. The van der Waals surface area contributed by atoms with Gasteiger partial charge in [-0.15, -0.1) is 0 Å². The number of hydrogen-bond donors (Lipinski definition) is 0. The molecule has 0 spiro atoms. The predicted octanol–water partition coefficient (Wildman–Crippen LogP) is 10.4. The number of nitriles is 1. The molecular formula is C45H28N4O. The maximum Gasteiger partial charge on any atom is 0.164 e. The number of benzene rings is 7. The van der Waals surface area contributed by atoms with E-state index < -0.39 is 5.41 Å². The third-order valence-corrected chi connectivity index (χ3v) is 9.52. The van der Waals surface area contributed by atoms with Gasteiger partial charge in [0.15, 0.2) is 17.5 Å². The first-order valence-electron chi connectivity index (χ1n) is 16.5. The molecule has 8 aromatic rings. The molecule has 0 radical (unpaired) electrons. The summed E-state index contributed by atoms with van der Waals surface area (Å²) in [5, 5.41) is 11.6. The van der Waals surface area contributed by atoms with Crippen molar-refractivity contribution in [3.05, 3.63) is 198 Å². The van der Waals surface area contributed by atoms with Crippen molar-refractivity contribution < 1.29 is 4.74 Å². The number of rotatable bonds is 5. The largest absolute Gasteiger partial charge is 0.457 e. The molecule has 0 bridgehead atoms. The average Bonchev–Trinajstić information content (AvgIpc) is 3.20. The van der Waals surface area contributed by atoms with Gasteiger partial charge in [-0.2, -0.15) is 5.26 Å². The second-order valence-corrected chi connectivity index (χ2v) is 12.3. The van der Waals surface area contributed by atoms with Crippen molar-refractivity contribution >= 4 is 10.8 Å². The molecule has 0 saturated heterocycles. The van der Waals surface area contributed by atoms with Crippen LogP contribution in [0, 0.1) is 11.3 Å². The van der Waals surface area contributed by atoms with Crippen LogP contribution in [0.3, 0.4) is 0 Å². The van der Waals surface area contributed by atoms with E-state index in [0.717, 1.165) is 61.2 Å². The Balaban J connectivity index is 1.32. The SMILES string of the molecule is N#Cc1ccc(-c2nc(-c3ccccc3)nc(-c3ccc4c(c3)C(c3ccccc3)(c3ccccc3)c3ccccc3O4)n2)c2ccccc12. The van der Waals surface area contributed by atoms with Gasteiger partial charge in [0.2, 0.25) is 0 Å². The fourth-order valence-electron chi connectivity index (χ4n) is 7.28. The minimum Gasteiger partial charge on any atom is -0.457 e. The van der Waals surface area contributed by atoms with E-state index in [1.54, 1.807) is 0 Å². The summed E-state index contributed by atoms with van der Waals surface area (Å²) >= 11 is 0. The first-order chi connectivity index (χ1) is 24.7. The highest BCUT2D eigenvalue weighted by Gasteiger charge is 2.45. The standard InChI is InChI=1S/C45H28N4O/c46-29-32-24-26-37(36-21-11-10-20-35(32)36)44-48-42(30-14-4-1-5-15-30)47-43(49-44)31-25-27-41-39(28-31)45(33-16-6-2-7-17-33,34-18-8-3-9-19-34)38-22-12-13-23-40(38)50-41/h1-28H. The number of fused-ring (bicyclic) bond motifs is 3. The van der Waals surface area contributed by atoms with Crippen LogP contribution in [0.4, 0.5) is 0 Å². The monoisotopic (exact) mass is 640 g/mol. The summed E-state index contributed by atoms with van der Waals surface area (Å²) in [6.07, 6.45) is 0. The van der Waals surface area contributed by atoms with Gasteiger partial charge in [0.25, 0.3) is 0 Å². The van der Waals surface area contributed by atoms with Gasteiger partial charge in [-0.05, 0) is 52.9 Å². The van der Waals surface area contributed by atoms with E-state index in [0.29, 0.717) is 23.0 Å². The quantitative estimate of drug-likeness (QED) is 0.187. The highest BCUT2D eigenvalue weighted by molar-refractivity contribution is 5.98. The van der Waals surface area contributed by atoms with Gasteiger partial charge in [-0.1, -0.05) is 133 Å². The van der Waals surface area contributed by atoms with Crippen LogP contribution >= 0.6 is 0 Å². The van der Waals surface area contributed by atoms with E-state index in [1.165, 1.54) is 0 Å². The first kappa shape index (κ1) is 29.3. The van der Waals surface area contributed by atoms with Crippen molar-refractivity contribution in [1.29, 1.82) is 5.26 Å². The molecule has 0 atom stereocenters. The van der Waals surface area contributed by atoms with E-state index in [4.69, 9.17) is 19.7 Å². The molecule has 50 heavy (non-hydrogen) atoms. The number of aromatic nitrogens is 3. The van der Waals surface area contributed by atoms with Crippen LogP contribution in [0.25, 0.3) is 44.9 Å². The minimum absolute atomic E-state index is 0.534. The number of nitrogens with zero attached hydrogens (tertiary/aromatic N) is 4. The Bertz CT molecular complexity index is 2540. The van der Waals surface area contributed by atoms with E-state index >= 15 is 0 Å². The summed E-state index contributed by atoms with van der Waals surface area (Å²) in [6, 6.07) is 59.7. The van der Waals surface area contributed by atoms with Crippen LogP contribution in [0.5, 0.6) is 11.5 Å². The average molecular weight is 641 g/mol. The zero-order chi connectivity index (χ0) is 33.5. The molecule has 9 rings (SSSR count). The molecule has 1 aromatic heterocycles. The van der Waals surface area contributed by atoms with Crippen molar-refractivity contribution in [2.45, 2.75) is 5.41 Å².